The minimum atomic E-state index is -2.99. The van der Waals surface area contributed by atoms with Gasteiger partial charge in [0.1, 0.15) is 0 Å². The van der Waals surface area contributed by atoms with Crippen LogP contribution in [0.15, 0.2) is 12.3 Å². The first-order valence-corrected chi connectivity index (χ1v) is 12.7. The third-order valence-corrected chi connectivity index (χ3v) is 6.41. The van der Waals surface area contributed by atoms with Crippen molar-refractivity contribution in [2.45, 2.75) is 96.8 Å². The Morgan fingerprint density at radius 2 is 1.52 bits per heavy atom. The van der Waals surface area contributed by atoms with Gasteiger partial charge in [0.25, 0.3) is 0 Å². The summed E-state index contributed by atoms with van der Waals surface area (Å²) in [6.07, 6.45) is 22.3. The van der Waals surface area contributed by atoms with Crippen molar-refractivity contribution in [2.75, 3.05) is 26.4 Å². The highest BCUT2D eigenvalue weighted by molar-refractivity contribution is 7.51. The third-order valence-electron chi connectivity index (χ3n) is 4.75. The number of nitrogens with one attached hydrogen (secondary N) is 1. The van der Waals surface area contributed by atoms with Crippen LogP contribution in [0.5, 0.6) is 0 Å². The molecule has 0 aromatic heterocycles. The van der Waals surface area contributed by atoms with E-state index in [1.54, 1.807) is 6.26 Å². The van der Waals surface area contributed by atoms with Crippen LogP contribution in [0, 0.1) is 0 Å². The highest BCUT2D eigenvalue weighted by Crippen LogP contribution is 2.46. The van der Waals surface area contributed by atoms with Crippen molar-refractivity contribution in [3.05, 3.63) is 12.3 Å². The molecule has 0 saturated carbocycles. The number of allylic oxidation sites excluding steroid dienone is 1. The predicted octanol–water partition coefficient (Wildman–Crippen LogP) is 6.74. The zero-order valence-corrected chi connectivity index (χ0v) is 18.4. The van der Waals surface area contributed by atoms with Gasteiger partial charge in [-0.15, -0.1) is 0 Å². The molecule has 0 aromatic carbocycles. The van der Waals surface area contributed by atoms with Gasteiger partial charge in [0.2, 0.25) is 0 Å². The highest BCUT2D eigenvalue weighted by atomic mass is 31.2. The molecule has 0 radical (unpaired) electrons. The molecule has 1 atom stereocenters. The fourth-order valence-electron chi connectivity index (χ4n) is 3.11. The standard InChI is InChI=1S/C21H42NO4P/c1-2-3-4-5-6-7-8-9-10-11-12-13-14-15-18-24-19-16-20-25-27(23)22-17-21-26-27/h15,18H,2-14,16-17,19-21H2,1H3,(H,22,23)/b18-15-. The van der Waals surface area contributed by atoms with Crippen LogP contribution in [-0.4, -0.2) is 26.4 Å². The molecule has 1 aliphatic heterocycles. The van der Waals surface area contributed by atoms with Crippen LogP contribution in [-0.2, 0) is 18.3 Å². The SMILES string of the molecule is CCCCCCCCCCCCCC/C=C\OCCCOP1(=O)NCCO1. The number of unbranched alkanes of at least 4 members (excludes halogenated alkanes) is 12. The van der Waals surface area contributed by atoms with Gasteiger partial charge < -0.3 is 4.74 Å². The van der Waals surface area contributed by atoms with E-state index in [4.69, 9.17) is 13.8 Å². The Morgan fingerprint density at radius 3 is 2.11 bits per heavy atom. The summed E-state index contributed by atoms with van der Waals surface area (Å²) >= 11 is 0. The Kier molecular flexibility index (Phi) is 16.2. The van der Waals surface area contributed by atoms with E-state index in [1.807, 2.05) is 0 Å². The van der Waals surface area contributed by atoms with Crippen molar-refractivity contribution in [3.63, 3.8) is 0 Å². The number of hydrogen-bond acceptors (Lipinski definition) is 4. The zero-order valence-electron chi connectivity index (χ0n) is 17.5. The number of ether oxygens (including phenoxy) is 1. The van der Waals surface area contributed by atoms with E-state index in [2.05, 4.69) is 18.1 Å². The molecule has 0 aromatic rings. The van der Waals surface area contributed by atoms with Gasteiger partial charge in [-0.05, 0) is 18.9 Å². The zero-order chi connectivity index (χ0) is 19.5. The van der Waals surface area contributed by atoms with Crippen LogP contribution in [0.3, 0.4) is 0 Å². The quantitative estimate of drug-likeness (QED) is 0.147. The molecule has 0 bridgehead atoms. The molecule has 1 N–H and O–H groups in total. The molecule has 0 spiro atoms. The summed E-state index contributed by atoms with van der Waals surface area (Å²) in [4.78, 5) is 0. The molecule has 6 heteroatoms. The Balaban J connectivity index is 1.72. The van der Waals surface area contributed by atoms with Crippen LogP contribution in [0.2, 0.25) is 0 Å². The van der Waals surface area contributed by atoms with E-state index in [0.717, 1.165) is 6.42 Å². The average molecular weight is 404 g/mol. The molecule has 0 aliphatic carbocycles. The van der Waals surface area contributed by atoms with E-state index < -0.39 is 7.75 Å². The van der Waals surface area contributed by atoms with Gasteiger partial charge in [-0.2, -0.15) is 0 Å². The van der Waals surface area contributed by atoms with Gasteiger partial charge in [-0.3, -0.25) is 9.05 Å². The molecule has 27 heavy (non-hydrogen) atoms. The first-order chi connectivity index (χ1) is 13.3. The van der Waals surface area contributed by atoms with E-state index in [0.29, 0.717) is 32.8 Å². The van der Waals surface area contributed by atoms with Crippen LogP contribution in [0.25, 0.3) is 0 Å². The molecular formula is C21H42NO4P. The summed E-state index contributed by atoms with van der Waals surface area (Å²) in [5.41, 5.74) is 0. The van der Waals surface area contributed by atoms with E-state index in [-0.39, 0.29) is 0 Å². The highest BCUT2D eigenvalue weighted by Gasteiger charge is 2.28. The first kappa shape index (κ1) is 24.7. The molecular weight excluding hydrogens is 361 g/mol. The molecule has 1 heterocycles. The minimum Gasteiger partial charge on any atom is -0.501 e. The first-order valence-electron chi connectivity index (χ1n) is 11.2. The average Bonchev–Trinajstić information content (AvgIpc) is 3.10. The second kappa shape index (κ2) is 17.7. The Morgan fingerprint density at radius 1 is 0.889 bits per heavy atom. The van der Waals surface area contributed by atoms with Gasteiger partial charge in [-0.1, -0.05) is 77.6 Å². The Bertz CT molecular complexity index is 394. The molecule has 5 nitrogen and oxygen atoms in total. The lowest BCUT2D eigenvalue weighted by Crippen LogP contribution is -2.06. The maximum atomic E-state index is 11.8. The van der Waals surface area contributed by atoms with Gasteiger partial charge in [-0.25, -0.2) is 9.65 Å². The fourth-order valence-corrected chi connectivity index (χ4v) is 4.43. The van der Waals surface area contributed by atoms with Crippen LogP contribution in [0.4, 0.5) is 0 Å². The van der Waals surface area contributed by atoms with Crippen molar-refractivity contribution in [1.29, 1.82) is 0 Å². The molecule has 1 unspecified atom stereocenters. The lowest BCUT2D eigenvalue weighted by atomic mass is 10.0. The van der Waals surface area contributed by atoms with Gasteiger partial charge in [0.15, 0.2) is 0 Å². The normalized spacial score (nSPS) is 19.9. The van der Waals surface area contributed by atoms with E-state index in [1.165, 1.54) is 77.0 Å². The third kappa shape index (κ3) is 15.3. The topological polar surface area (TPSA) is 56.8 Å². The second-order valence-electron chi connectivity index (χ2n) is 7.35. The monoisotopic (exact) mass is 403 g/mol. The van der Waals surface area contributed by atoms with E-state index >= 15 is 0 Å². The van der Waals surface area contributed by atoms with Crippen molar-refractivity contribution in [3.8, 4) is 0 Å². The summed E-state index contributed by atoms with van der Waals surface area (Å²) in [7, 11) is -2.99. The number of hydrogen-bond donors (Lipinski definition) is 1. The van der Waals surface area contributed by atoms with Crippen molar-refractivity contribution >= 4 is 7.75 Å². The van der Waals surface area contributed by atoms with Crippen molar-refractivity contribution < 1.29 is 18.3 Å². The summed E-state index contributed by atoms with van der Waals surface area (Å²) in [5.74, 6) is 0. The summed E-state index contributed by atoms with van der Waals surface area (Å²) in [6, 6.07) is 0. The van der Waals surface area contributed by atoms with Gasteiger partial charge in [0.05, 0.1) is 26.1 Å². The molecule has 160 valence electrons. The lowest BCUT2D eigenvalue weighted by molar-refractivity contribution is 0.186. The molecule has 1 fully saturated rings. The minimum absolute atomic E-state index is 0.386. The van der Waals surface area contributed by atoms with Gasteiger partial charge >= 0.3 is 7.75 Å². The number of rotatable bonds is 19. The molecule has 0 amide bonds. The smallest absolute Gasteiger partial charge is 0.405 e. The van der Waals surface area contributed by atoms with E-state index in [9.17, 15) is 4.57 Å². The fraction of sp³-hybridized carbons (Fsp3) is 0.905. The summed E-state index contributed by atoms with van der Waals surface area (Å²) in [5, 5.41) is 2.75. The second-order valence-corrected chi connectivity index (χ2v) is 9.17. The Labute approximate surface area is 167 Å². The maximum absolute atomic E-state index is 11.8. The van der Waals surface area contributed by atoms with Crippen molar-refractivity contribution in [2.24, 2.45) is 0 Å². The van der Waals surface area contributed by atoms with Crippen LogP contribution in [0.1, 0.15) is 96.8 Å². The predicted molar refractivity (Wildman–Crippen MR) is 113 cm³/mol. The summed E-state index contributed by atoms with van der Waals surface area (Å²) in [6.45, 7) is 4.29. The van der Waals surface area contributed by atoms with Crippen LogP contribution >= 0.6 is 7.75 Å². The van der Waals surface area contributed by atoms with Crippen molar-refractivity contribution in [1.82, 2.24) is 5.09 Å². The Hall–Kier alpha value is -0.350. The lowest BCUT2D eigenvalue weighted by Gasteiger charge is -2.10. The van der Waals surface area contributed by atoms with Crippen LogP contribution < -0.4 is 5.09 Å². The molecule has 1 aliphatic rings. The molecule has 1 rings (SSSR count). The maximum Gasteiger partial charge on any atom is 0.405 e. The summed E-state index contributed by atoms with van der Waals surface area (Å²) < 4.78 is 27.5. The largest absolute Gasteiger partial charge is 0.501 e. The van der Waals surface area contributed by atoms with Gasteiger partial charge in [0, 0.05) is 13.0 Å². The molecule has 1 saturated heterocycles.